The van der Waals surface area contributed by atoms with Crippen molar-refractivity contribution in [3.8, 4) is 0 Å². The molecule has 1 saturated heterocycles. The third kappa shape index (κ3) is 7.43. The minimum Gasteiger partial charge on any atom is -0.444 e. The van der Waals surface area contributed by atoms with Gasteiger partial charge in [0, 0.05) is 6.61 Å². The van der Waals surface area contributed by atoms with Gasteiger partial charge in [-0.15, -0.1) is 0 Å². The van der Waals surface area contributed by atoms with Crippen molar-refractivity contribution in [2.45, 2.75) is 83.1 Å². The van der Waals surface area contributed by atoms with Gasteiger partial charge in [-0.05, 0) is 78.9 Å². The minimum absolute atomic E-state index is 0.0103. The maximum absolute atomic E-state index is 12.9. The summed E-state index contributed by atoms with van der Waals surface area (Å²) in [6.45, 7) is 11.2. The predicted molar refractivity (Wildman–Crippen MR) is 121 cm³/mol. The third-order valence-electron chi connectivity index (χ3n) is 5.31. The number of nitrogens with zero attached hydrogens (tertiary/aromatic N) is 1. The molecule has 0 radical (unpaired) electrons. The lowest BCUT2D eigenvalue weighted by molar-refractivity contribution is -0.0633. The summed E-state index contributed by atoms with van der Waals surface area (Å²) in [4.78, 5) is 14.6. The first-order valence-corrected chi connectivity index (χ1v) is 12.4. The highest BCUT2D eigenvalue weighted by atomic mass is 32.2. The van der Waals surface area contributed by atoms with E-state index < -0.39 is 27.5 Å². The molecule has 0 spiro atoms. The minimum atomic E-state index is -3.91. The molecular formula is C23H37NO7S. The highest BCUT2D eigenvalue weighted by molar-refractivity contribution is 7.86. The highest BCUT2D eigenvalue weighted by Crippen LogP contribution is 2.33. The number of carbonyl (C=O) groups is 1. The zero-order valence-electron chi connectivity index (χ0n) is 20.0. The average Bonchev–Trinajstić information content (AvgIpc) is 2.97. The van der Waals surface area contributed by atoms with Gasteiger partial charge in [0.1, 0.15) is 11.3 Å². The number of ether oxygens (including phenoxy) is 2. The molecule has 0 aliphatic carbocycles. The van der Waals surface area contributed by atoms with Crippen molar-refractivity contribution in [2.75, 3.05) is 19.8 Å². The molecule has 1 aromatic rings. The Bertz CT molecular complexity index is 859. The summed E-state index contributed by atoms with van der Waals surface area (Å²) in [5.74, 6) is -0.199. The van der Waals surface area contributed by atoms with Crippen LogP contribution < -0.4 is 0 Å². The van der Waals surface area contributed by atoms with Crippen LogP contribution >= 0.6 is 0 Å². The van der Waals surface area contributed by atoms with E-state index in [1.54, 1.807) is 51.7 Å². The van der Waals surface area contributed by atoms with E-state index in [1.807, 2.05) is 6.92 Å². The second-order valence-electron chi connectivity index (χ2n) is 9.78. The lowest BCUT2D eigenvalue weighted by atomic mass is 9.95. The molecule has 32 heavy (non-hydrogen) atoms. The van der Waals surface area contributed by atoms with Gasteiger partial charge in [0.15, 0.2) is 0 Å². The monoisotopic (exact) mass is 471 g/mol. The van der Waals surface area contributed by atoms with Crippen molar-refractivity contribution < 1.29 is 32.0 Å². The van der Waals surface area contributed by atoms with Gasteiger partial charge < -0.3 is 14.6 Å². The zero-order chi connectivity index (χ0) is 24.2. The Morgan fingerprint density at radius 2 is 1.91 bits per heavy atom. The van der Waals surface area contributed by atoms with Gasteiger partial charge in [0.25, 0.3) is 10.1 Å². The first-order valence-electron chi connectivity index (χ1n) is 11.0. The molecule has 182 valence electrons. The maximum atomic E-state index is 12.9. The van der Waals surface area contributed by atoms with Crippen LogP contribution in [0.25, 0.3) is 0 Å². The summed E-state index contributed by atoms with van der Waals surface area (Å²) in [5.41, 5.74) is -0.540. The predicted octanol–water partition coefficient (Wildman–Crippen LogP) is 3.85. The quantitative estimate of drug-likeness (QED) is 0.546. The van der Waals surface area contributed by atoms with Gasteiger partial charge >= 0.3 is 6.09 Å². The number of aliphatic hydroxyl groups is 1. The molecule has 2 atom stereocenters. The van der Waals surface area contributed by atoms with Crippen molar-refractivity contribution >= 4 is 16.2 Å². The molecule has 0 saturated carbocycles. The van der Waals surface area contributed by atoms with Crippen LogP contribution in [0.15, 0.2) is 29.2 Å². The number of aliphatic hydroxyl groups excluding tert-OH is 1. The second-order valence-corrected chi connectivity index (χ2v) is 11.4. The molecular weight excluding hydrogens is 434 g/mol. The second kappa shape index (κ2) is 10.5. The van der Waals surface area contributed by atoms with Crippen LogP contribution in [-0.4, -0.2) is 61.7 Å². The van der Waals surface area contributed by atoms with Gasteiger partial charge in [0.2, 0.25) is 0 Å². The van der Waals surface area contributed by atoms with Crippen molar-refractivity contribution in [1.82, 2.24) is 4.90 Å². The summed E-state index contributed by atoms with van der Waals surface area (Å²) >= 11 is 0. The molecule has 9 heteroatoms. The lowest BCUT2D eigenvalue weighted by Crippen LogP contribution is -2.50. The van der Waals surface area contributed by atoms with Crippen LogP contribution in [0, 0.1) is 12.8 Å². The Balaban J connectivity index is 2.12. The Hall–Kier alpha value is -1.68. The van der Waals surface area contributed by atoms with Crippen LogP contribution in [-0.2, 0) is 23.8 Å². The first-order chi connectivity index (χ1) is 14.7. The number of carbonyl (C=O) groups excluding carboxylic acids is 1. The van der Waals surface area contributed by atoms with Crippen LogP contribution in [0.5, 0.6) is 0 Å². The standard InChI is InChI=1S/C23H37NO7S/c1-17-9-11-20(12-10-17)32(27,28)30-15-18(8-7-13-25)14-19-16-29-23(5,6)24(19)21(26)31-22(2,3)4/h9-12,18-19,25H,7-8,13-16H2,1-6H3/t18-,19?/m0/s1. The van der Waals surface area contributed by atoms with E-state index in [0.29, 0.717) is 25.9 Å². The molecule has 2 rings (SSSR count). The van der Waals surface area contributed by atoms with E-state index in [1.165, 1.54) is 12.1 Å². The fourth-order valence-corrected chi connectivity index (χ4v) is 4.71. The van der Waals surface area contributed by atoms with Crippen molar-refractivity contribution in [1.29, 1.82) is 0 Å². The smallest absolute Gasteiger partial charge is 0.412 e. The number of amides is 1. The number of hydrogen-bond donors (Lipinski definition) is 1. The van der Waals surface area contributed by atoms with Crippen molar-refractivity contribution in [3.05, 3.63) is 29.8 Å². The third-order valence-corrected chi connectivity index (χ3v) is 6.60. The molecule has 1 fully saturated rings. The van der Waals surface area contributed by atoms with E-state index >= 15 is 0 Å². The van der Waals surface area contributed by atoms with Crippen LogP contribution in [0.2, 0.25) is 0 Å². The van der Waals surface area contributed by atoms with E-state index in [-0.39, 0.29) is 30.1 Å². The summed E-state index contributed by atoms with van der Waals surface area (Å²) in [6.07, 6.45) is 1.05. The molecule has 1 aliphatic rings. The number of aryl methyl sites for hydroxylation is 1. The summed E-state index contributed by atoms with van der Waals surface area (Å²) < 4.78 is 42.0. The Labute approximate surface area is 192 Å². The summed E-state index contributed by atoms with van der Waals surface area (Å²) in [6, 6.07) is 6.18. The zero-order valence-corrected chi connectivity index (χ0v) is 20.8. The lowest BCUT2D eigenvalue weighted by Gasteiger charge is -2.36. The largest absolute Gasteiger partial charge is 0.444 e. The van der Waals surface area contributed by atoms with Crippen molar-refractivity contribution in [2.24, 2.45) is 5.92 Å². The number of rotatable bonds is 9. The molecule has 1 N–H and O–H groups in total. The summed E-state index contributed by atoms with van der Waals surface area (Å²) in [7, 11) is -3.91. The van der Waals surface area contributed by atoms with Crippen molar-refractivity contribution in [3.63, 3.8) is 0 Å². The molecule has 1 aromatic carbocycles. The molecule has 8 nitrogen and oxygen atoms in total. The topological polar surface area (TPSA) is 102 Å². The number of benzene rings is 1. The fourth-order valence-electron chi connectivity index (χ4n) is 3.73. The highest BCUT2D eigenvalue weighted by Gasteiger charge is 2.46. The fraction of sp³-hybridized carbons (Fsp3) is 0.696. The first kappa shape index (κ1) is 26.6. The van der Waals surface area contributed by atoms with Gasteiger partial charge in [0.05, 0.1) is 24.2 Å². The Morgan fingerprint density at radius 3 is 2.47 bits per heavy atom. The molecule has 1 amide bonds. The van der Waals surface area contributed by atoms with E-state index in [2.05, 4.69) is 0 Å². The molecule has 1 unspecified atom stereocenters. The molecule has 0 aromatic heterocycles. The Morgan fingerprint density at radius 1 is 1.28 bits per heavy atom. The summed E-state index contributed by atoms with van der Waals surface area (Å²) in [5, 5.41) is 9.29. The Kier molecular flexibility index (Phi) is 8.72. The SMILES string of the molecule is Cc1ccc(S(=O)(=O)OC[C@@H](CCCO)CC2COC(C)(C)N2C(=O)OC(C)(C)C)cc1. The van der Waals surface area contributed by atoms with E-state index in [0.717, 1.165) is 5.56 Å². The van der Waals surface area contributed by atoms with Gasteiger partial charge in [-0.2, -0.15) is 8.42 Å². The van der Waals surface area contributed by atoms with E-state index in [4.69, 9.17) is 13.7 Å². The normalized spacial score (nSPS) is 19.7. The maximum Gasteiger partial charge on any atom is 0.412 e. The molecule has 1 heterocycles. The van der Waals surface area contributed by atoms with Gasteiger partial charge in [-0.1, -0.05) is 17.7 Å². The van der Waals surface area contributed by atoms with E-state index in [9.17, 15) is 18.3 Å². The van der Waals surface area contributed by atoms with Crippen LogP contribution in [0.4, 0.5) is 4.79 Å². The molecule has 0 bridgehead atoms. The van der Waals surface area contributed by atoms with Crippen LogP contribution in [0.1, 0.15) is 59.4 Å². The molecule has 1 aliphatic heterocycles. The van der Waals surface area contributed by atoms with Crippen LogP contribution in [0.3, 0.4) is 0 Å². The van der Waals surface area contributed by atoms with Gasteiger partial charge in [-0.3, -0.25) is 9.08 Å². The average molecular weight is 472 g/mol. The van der Waals surface area contributed by atoms with Gasteiger partial charge in [-0.25, -0.2) is 4.79 Å². The number of hydrogen-bond acceptors (Lipinski definition) is 7.